The molecule has 2 aliphatic rings. The summed E-state index contributed by atoms with van der Waals surface area (Å²) >= 11 is 13.0. The molecular weight excluding hydrogens is 593 g/mol. The Hall–Kier alpha value is -2.87. The van der Waals surface area contributed by atoms with E-state index in [-0.39, 0.29) is 36.3 Å². The number of carbonyl (C=O) groups is 2. The van der Waals surface area contributed by atoms with Gasteiger partial charge >= 0.3 is 0 Å². The van der Waals surface area contributed by atoms with E-state index in [1.165, 1.54) is 0 Å². The summed E-state index contributed by atoms with van der Waals surface area (Å²) in [5, 5.41) is 13.6. The number of nitrogens with one attached hydrogen (secondary N) is 2. The minimum absolute atomic E-state index is 0.0198. The molecule has 1 fully saturated rings. The molecule has 1 aromatic heterocycles. The predicted octanol–water partition coefficient (Wildman–Crippen LogP) is 3.59. The van der Waals surface area contributed by atoms with Crippen LogP contribution in [0.25, 0.3) is 0 Å². The summed E-state index contributed by atoms with van der Waals surface area (Å²) in [6.07, 6.45) is 4.72. The average molecular weight is 623 g/mol. The third-order valence-corrected chi connectivity index (χ3v) is 8.56. The molecule has 2 aromatic carbocycles. The quantitative estimate of drug-likeness (QED) is 0.307. The SMILES string of the molecule is CS(=O)N[C@H]1CCCCC1N1C(=O)c2ccccc2[C@@H](C(=O)NOCc2noc(CO)n2)[C@@H]1c1ccc(Cl)cc1Cl. The lowest BCUT2D eigenvalue weighted by atomic mass is 9.76. The van der Waals surface area contributed by atoms with E-state index >= 15 is 0 Å². The lowest BCUT2D eigenvalue weighted by Gasteiger charge is -2.49. The first-order chi connectivity index (χ1) is 19.8. The van der Waals surface area contributed by atoms with Crippen LogP contribution in [0.2, 0.25) is 10.0 Å². The van der Waals surface area contributed by atoms with Crippen LogP contribution in [0.1, 0.15) is 70.8 Å². The Morgan fingerprint density at radius 1 is 1.20 bits per heavy atom. The molecule has 0 radical (unpaired) electrons. The van der Waals surface area contributed by atoms with Gasteiger partial charge in [-0.25, -0.2) is 14.4 Å². The third kappa shape index (κ3) is 6.32. The van der Waals surface area contributed by atoms with Gasteiger partial charge in [0.1, 0.15) is 13.2 Å². The molecule has 5 rings (SSSR count). The summed E-state index contributed by atoms with van der Waals surface area (Å²) < 4.78 is 20.2. The Morgan fingerprint density at radius 2 is 1.98 bits per heavy atom. The topological polar surface area (TPSA) is 147 Å². The predicted molar refractivity (Wildman–Crippen MR) is 151 cm³/mol. The van der Waals surface area contributed by atoms with Gasteiger partial charge in [0.2, 0.25) is 0 Å². The van der Waals surface area contributed by atoms with Crippen LogP contribution in [0, 0.1) is 0 Å². The van der Waals surface area contributed by atoms with Gasteiger partial charge in [-0.05, 0) is 42.2 Å². The molecule has 14 heteroatoms. The first kappa shape index (κ1) is 29.6. The van der Waals surface area contributed by atoms with Gasteiger partial charge in [-0.1, -0.05) is 65.5 Å². The molecule has 0 spiro atoms. The van der Waals surface area contributed by atoms with Gasteiger partial charge in [0, 0.05) is 33.9 Å². The largest absolute Gasteiger partial charge is 0.387 e. The van der Waals surface area contributed by atoms with Crippen molar-refractivity contribution in [1.82, 2.24) is 25.2 Å². The van der Waals surface area contributed by atoms with Crippen LogP contribution in [-0.4, -0.2) is 54.5 Å². The Morgan fingerprint density at radius 3 is 2.71 bits per heavy atom. The van der Waals surface area contributed by atoms with Gasteiger partial charge < -0.3 is 14.5 Å². The third-order valence-electron chi connectivity index (χ3n) is 7.36. The van der Waals surface area contributed by atoms with Crippen LogP contribution in [0.15, 0.2) is 47.0 Å². The minimum atomic E-state index is -1.31. The minimum Gasteiger partial charge on any atom is -0.387 e. The standard InChI is InChI=1S/C27H29Cl2N5O6S/c1-41(38)33-20-8-4-5-9-21(20)34-25(18-11-10-15(28)12-19(18)29)24(16-6-2-3-7-17(16)27(34)37)26(36)32-39-14-22-30-23(13-35)40-31-22/h2-3,6-7,10-12,20-21,24-25,33,35H,4-5,8-9,13-14H2,1H3,(H,32,36)/t20-,21?,24+,25-,41?/m0/s1. The highest BCUT2D eigenvalue weighted by Crippen LogP contribution is 2.47. The molecule has 2 heterocycles. The summed E-state index contributed by atoms with van der Waals surface area (Å²) in [4.78, 5) is 39.3. The number of aliphatic hydroxyl groups is 1. The zero-order chi connectivity index (χ0) is 29.1. The van der Waals surface area contributed by atoms with E-state index in [0.717, 1.165) is 19.3 Å². The van der Waals surface area contributed by atoms with Gasteiger partial charge in [0.05, 0.1) is 22.9 Å². The van der Waals surface area contributed by atoms with Crippen LogP contribution in [0.3, 0.4) is 0 Å². The van der Waals surface area contributed by atoms with E-state index < -0.39 is 35.5 Å². The Balaban J connectivity index is 1.57. The lowest BCUT2D eigenvalue weighted by molar-refractivity contribution is -0.138. The maximum atomic E-state index is 14.3. The van der Waals surface area contributed by atoms with E-state index in [1.54, 1.807) is 53.6 Å². The van der Waals surface area contributed by atoms with Crippen molar-refractivity contribution in [2.24, 2.45) is 0 Å². The second-order valence-corrected chi connectivity index (χ2v) is 11.9. The number of aliphatic hydroxyl groups excluding tert-OH is 1. The highest BCUT2D eigenvalue weighted by atomic mass is 35.5. The number of hydrogen-bond acceptors (Lipinski definition) is 8. The summed E-state index contributed by atoms with van der Waals surface area (Å²) in [5.74, 6) is -1.53. The van der Waals surface area contributed by atoms with E-state index in [1.807, 2.05) is 0 Å². The molecule has 3 aromatic rings. The van der Waals surface area contributed by atoms with Crippen molar-refractivity contribution in [3.8, 4) is 0 Å². The van der Waals surface area contributed by atoms with Crippen LogP contribution >= 0.6 is 23.2 Å². The molecule has 218 valence electrons. The van der Waals surface area contributed by atoms with Crippen molar-refractivity contribution < 1.29 is 28.3 Å². The normalized spacial score (nSPS) is 23.2. The number of hydrogen-bond donors (Lipinski definition) is 3. The Kier molecular flexibility index (Phi) is 9.37. The van der Waals surface area contributed by atoms with Gasteiger partial charge in [0.15, 0.2) is 5.82 Å². The van der Waals surface area contributed by atoms with Gasteiger partial charge in [-0.3, -0.25) is 14.4 Å². The zero-order valence-electron chi connectivity index (χ0n) is 22.1. The number of halogens is 2. The first-order valence-electron chi connectivity index (χ1n) is 13.1. The fraction of sp³-hybridized carbons (Fsp3) is 0.407. The monoisotopic (exact) mass is 621 g/mol. The molecule has 5 atom stereocenters. The van der Waals surface area contributed by atoms with Gasteiger partial charge in [-0.15, -0.1) is 0 Å². The zero-order valence-corrected chi connectivity index (χ0v) is 24.4. The fourth-order valence-corrected chi connectivity index (χ4v) is 6.94. The fourth-order valence-electron chi connectivity index (χ4n) is 5.71. The van der Waals surface area contributed by atoms with Crippen molar-refractivity contribution in [3.63, 3.8) is 0 Å². The number of amides is 2. The molecule has 1 saturated carbocycles. The molecule has 2 unspecified atom stereocenters. The molecule has 1 aliphatic carbocycles. The maximum absolute atomic E-state index is 14.3. The molecular formula is C27H29Cl2N5O6S. The van der Waals surface area contributed by atoms with Gasteiger partial charge in [0.25, 0.3) is 17.7 Å². The number of nitrogens with zero attached hydrogens (tertiary/aromatic N) is 3. The molecule has 0 bridgehead atoms. The first-order valence-corrected chi connectivity index (χ1v) is 15.4. The van der Waals surface area contributed by atoms with Crippen LogP contribution in [0.4, 0.5) is 0 Å². The maximum Gasteiger partial charge on any atom is 0.255 e. The number of benzene rings is 2. The van der Waals surface area contributed by atoms with E-state index in [0.29, 0.717) is 33.2 Å². The van der Waals surface area contributed by atoms with Crippen LogP contribution < -0.4 is 10.2 Å². The molecule has 11 nitrogen and oxygen atoms in total. The summed E-state index contributed by atoms with van der Waals surface area (Å²) in [6.45, 7) is -0.635. The number of fused-ring (bicyclic) bond motifs is 1. The van der Waals surface area contributed by atoms with E-state index in [9.17, 15) is 13.8 Å². The molecule has 3 N–H and O–H groups in total. The highest BCUT2D eigenvalue weighted by molar-refractivity contribution is 7.82. The Bertz CT molecular complexity index is 1460. The van der Waals surface area contributed by atoms with Crippen LogP contribution in [-0.2, 0) is 33.8 Å². The molecule has 1 aliphatic heterocycles. The summed E-state index contributed by atoms with van der Waals surface area (Å²) in [7, 11) is -1.31. The van der Waals surface area contributed by atoms with Crippen molar-refractivity contribution in [2.45, 2.75) is 62.9 Å². The van der Waals surface area contributed by atoms with E-state index in [4.69, 9.17) is 37.7 Å². The number of carbonyl (C=O) groups excluding carboxylic acids is 2. The van der Waals surface area contributed by atoms with Crippen molar-refractivity contribution in [1.29, 1.82) is 0 Å². The van der Waals surface area contributed by atoms with Crippen molar-refractivity contribution >= 4 is 46.0 Å². The average Bonchev–Trinajstić information content (AvgIpc) is 3.41. The van der Waals surface area contributed by atoms with Gasteiger partial charge in [-0.2, -0.15) is 4.98 Å². The second-order valence-electron chi connectivity index (χ2n) is 9.94. The van der Waals surface area contributed by atoms with Crippen molar-refractivity contribution in [2.75, 3.05) is 6.26 Å². The van der Waals surface area contributed by atoms with Crippen molar-refractivity contribution in [3.05, 3.63) is 80.9 Å². The molecule has 41 heavy (non-hydrogen) atoms. The van der Waals surface area contributed by atoms with E-state index in [2.05, 4.69) is 20.3 Å². The number of hydroxylamine groups is 1. The van der Waals surface area contributed by atoms with Crippen LogP contribution in [0.5, 0.6) is 0 Å². The second kappa shape index (κ2) is 13.0. The summed E-state index contributed by atoms with van der Waals surface area (Å²) in [5.41, 5.74) is 3.95. The molecule has 0 saturated heterocycles. The smallest absolute Gasteiger partial charge is 0.255 e. The molecule has 2 amide bonds. The summed E-state index contributed by atoms with van der Waals surface area (Å²) in [6, 6.07) is 10.5. The Labute approximate surface area is 249 Å². The highest BCUT2D eigenvalue weighted by Gasteiger charge is 2.49. The lowest BCUT2D eigenvalue weighted by Crippen LogP contribution is -2.58. The number of rotatable bonds is 9. The number of aromatic nitrogens is 2.